The van der Waals surface area contributed by atoms with Crippen LogP contribution < -0.4 is 10.7 Å². The number of fused-ring (bicyclic) bond motifs is 1. The van der Waals surface area contributed by atoms with Gasteiger partial charge in [0, 0.05) is 28.5 Å². The largest absolute Gasteiger partial charge is 0.478 e. The monoisotopic (exact) mass is 525 g/mol. The minimum absolute atomic E-state index is 0.0177. The molecule has 2 N–H and O–H groups in total. The first-order chi connectivity index (χ1) is 17.8. The Morgan fingerprint density at radius 3 is 2.34 bits per heavy atom. The van der Waals surface area contributed by atoms with Crippen molar-refractivity contribution in [1.29, 1.82) is 0 Å². The molecule has 8 heteroatoms. The predicted molar refractivity (Wildman–Crippen MR) is 143 cm³/mol. The van der Waals surface area contributed by atoms with Gasteiger partial charge < -0.3 is 14.8 Å². The van der Waals surface area contributed by atoms with E-state index in [-0.39, 0.29) is 16.7 Å². The minimum Gasteiger partial charge on any atom is -0.478 e. The maximum atomic E-state index is 13.2. The first-order valence-corrected chi connectivity index (χ1v) is 12.1. The summed E-state index contributed by atoms with van der Waals surface area (Å²) in [7, 11) is 0. The van der Waals surface area contributed by atoms with Crippen LogP contribution in [0.5, 0.6) is 0 Å². The molecular weight excluding hydrogens is 495 g/mol. The Morgan fingerprint density at radius 1 is 1.11 bits per heavy atom. The van der Waals surface area contributed by atoms with E-state index in [4.69, 9.17) is 4.42 Å². The number of allylic oxidation sites excluding steroid dienone is 4. The molecule has 1 heterocycles. The van der Waals surface area contributed by atoms with E-state index in [0.717, 1.165) is 24.6 Å². The lowest BCUT2D eigenvalue weighted by atomic mass is 9.98. The third-order valence-electron chi connectivity index (χ3n) is 6.29. The molecule has 0 saturated heterocycles. The highest BCUT2D eigenvalue weighted by atomic mass is 19.4. The van der Waals surface area contributed by atoms with Crippen molar-refractivity contribution in [2.24, 2.45) is 0 Å². The van der Waals surface area contributed by atoms with Crippen LogP contribution in [0.1, 0.15) is 51.3 Å². The average molecular weight is 526 g/mol. The second-order valence-electron chi connectivity index (χ2n) is 9.18. The molecule has 0 bridgehead atoms. The zero-order chi connectivity index (χ0) is 28.2. The van der Waals surface area contributed by atoms with Gasteiger partial charge in [-0.1, -0.05) is 55.0 Å². The van der Waals surface area contributed by atoms with Crippen LogP contribution in [0.25, 0.3) is 22.3 Å². The first kappa shape index (κ1) is 28.5. The van der Waals surface area contributed by atoms with Gasteiger partial charge in [-0.2, -0.15) is 13.2 Å². The Kier molecular flexibility index (Phi) is 8.66. The highest BCUT2D eigenvalue weighted by Crippen LogP contribution is 2.31. The number of carbonyl (C=O) groups is 1. The molecule has 0 saturated carbocycles. The van der Waals surface area contributed by atoms with Crippen molar-refractivity contribution < 1.29 is 27.5 Å². The van der Waals surface area contributed by atoms with Gasteiger partial charge in [-0.25, -0.2) is 4.79 Å². The van der Waals surface area contributed by atoms with Gasteiger partial charge in [0.05, 0.1) is 17.0 Å². The number of carboxylic acid groups (broad SMARTS) is 1. The maximum Gasteiger partial charge on any atom is 0.412 e. The lowest BCUT2D eigenvalue weighted by Crippen LogP contribution is -2.24. The quantitative estimate of drug-likeness (QED) is 0.234. The van der Waals surface area contributed by atoms with Crippen molar-refractivity contribution in [3.63, 3.8) is 0 Å². The Morgan fingerprint density at radius 2 is 1.76 bits per heavy atom. The van der Waals surface area contributed by atoms with E-state index in [2.05, 4.69) is 5.32 Å². The van der Waals surface area contributed by atoms with Gasteiger partial charge in [0.15, 0.2) is 5.43 Å². The molecule has 0 amide bonds. The fraction of sp³-hybridized carbons (Fsp3) is 0.267. The fourth-order valence-electron chi connectivity index (χ4n) is 4.02. The molecular formula is C30H30F3NO4. The Labute approximate surface area is 219 Å². The van der Waals surface area contributed by atoms with Crippen LogP contribution in [-0.4, -0.2) is 17.3 Å². The summed E-state index contributed by atoms with van der Waals surface area (Å²) >= 11 is 0. The molecule has 3 rings (SSSR count). The van der Waals surface area contributed by atoms with Crippen molar-refractivity contribution in [3.05, 3.63) is 104 Å². The van der Waals surface area contributed by atoms with Crippen LogP contribution >= 0.6 is 0 Å². The van der Waals surface area contributed by atoms with Gasteiger partial charge >= 0.3 is 12.1 Å². The van der Waals surface area contributed by atoms with E-state index in [9.17, 15) is 27.9 Å². The molecule has 0 fully saturated rings. The number of alkyl halides is 3. The van der Waals surface area contributed by atoms with Crippen molar-refractivity contribution in [1.82, 2.24) is 5.32 Å². The Hall–Kier alpha value is -4.07. The van der Waals surface area contributed by atoms with Gasteiger partial charge in [0.1, 0.15) is 11.3 Å². The SMILES string of the molecule is CC\C(C)=C(C(=O)O)/C(=C\C=C(/C)C(F)(F)F)NC(C)c1cc(C)cc2c(=O)cc(-c3ccccc3)oc12. The standard InChI is InChI=1S/C30H30F3NO4/c1-6-18(3)27(29(36)37)24(13-12-19(4)30(31,32)33)34-20(5)22-14-17(2)15-23-25(35)16-26(38-28(22)23)21-10-8-7-9-11-21/h7-16,20,34H,6H2,1-5H3,(H,36,37)/b19-12+,24-13+,27-18+. The number of carboxylic acids is 1. The van der Waals surface area contributed by atoms with Gasteiger partial charge in [0.2, 0.25) is 0 Å². The summed E-state index contributed by atoms with van der Waals surface area (Å²) in [6.07, 6.45) is -2.18. The summed E-state index contributed by atoms with van der Waals surface area (Å²) in [5.74, 6) is -0.895. The van der Waals surface area contributed by atoms with E-state index in [1.165, 1.54) is 6.07 Å². The molecule has 1 aromatic heterocycles. The summed E-state index contributed by atoms with van der Waals surface area (Å²) in [4.78, 5) is 25.2. The van der Waals surface area contributed by atoms with Gasteiger partial charge in [-0.05, 0) is 51.8 Å². The summed E-state index contributed by atoms with van der Waals surface area (Å²) in [6.45, 7) is 7.86. The van der Waals surface area contributed by atoms with E-state index < -0.39 is 23.8 Å². The highest BCUT2D eigenvalue weighted by Gasteiger charge is 2.29. The van der Waals surface area contributed by atoms with Crippen molar-refractivity contribution in [2.75, 3.05) is 0 Å². The summed E-state index contributed by atoms with van der Waals surface area (Å²) in [5, 5.41) is 13.4. The number of nitrogens with one attached hydrogen (secondary N) is 1. The number of hydrogen-bond acceptors (Lipinski definition) is 4. The first-order valence-electron chi connectivity index (χ1n) is 12.1. The third-order valence-corrected chi connectivity index (χ3v) is 6.29. The number of rotatable bonds is 8. The number of aryl methyl sites for hydroxylation is 1. The average Bonchev–Trinajstić information content (AvgIpc) is 2.86. The molecule has 3 aromatic rings. The smallest absolute Gasteiger partial charge is 0.412 e. The van der Waals surface area contributed by atoms with E-state index in [1.54, 1.807) is 26.8 Å². The highest BCUT2D eigenvalue weighted by molar-refractivity contribution is 5.92. The predicted octanol–water partition coefficient (Wildman–Crippen LogP) is 7.62. The molecule has 200 valence electrons. The molecule has 1 atom stereocenters. The molecule has 0 aliphatic carbocycles. The van der Waals surface area contributed by atoms with Gasteiger partial charge in [0.25, 0.3) is 0 Å². The van der Waals surface area contributed by atoms with Crippen LogP contribution in [0.3, 0.4) is 0 Å². The normalized spacial score (nSPS) is 14.3. The van der Waals surface area contributed by atoms with Crippen LogP contribution in [0.2, 0.25) is 0 Å². The molecule has 0 aliphatic heterocycles. The van der Waals surface area contributed by atoms with E-state index in [1.807, 2.05) is 43.3 Å². The number of aliphatic carboxylic acids is 1. The molecule has 1 unspecified atom stereocenters. The van der Waals surface area contributed by atoms with E-state index in [0.29, 0.717) is 39.9 Å². The molecule has 38 heavy (non-hydrogen) atoms. The number of benzene rings is 2. The summed E-state index contributed by atoms with van der Waals surface area (Å²) in [5.41, 5.74) is 1.65. The molecule has 0 aliphatic rings. The zero-order valence-corrected chi connectivity index (χ0v) is 21.9. The lowest BCUT2D eigenvalue weighted by Gasteiger charge is -2.22. The lowest BCUT2D eigenvalue weighted by molar-refractivity contribution is -0.132. The Balaban J connectivity index is 2.20. The number of halogens is 3. The minimum atomic E-state index is -4.55. The van der Waals surface area contributed by atoms with Gasteiger partial charge in [-0.3, -0.25) is 4.79 Å². The zero-order valence-electron chi connectivity index (χ0n) is 21.9. The van der Waals surface area contributed by atoms with Crippen LogP contribution in [0, 0.1) is 6.92 Å². The molecule has 2 aromatic carbocycles. The summed E-state index contributed by atoms with van der Waals surface area (Å²) < 4.78 is 45.7. The maximum absolute atomic E-state index is 13.2. The van der Waals surface area contributed by atoms with Crippen molar-refractivity contribution in [3.8, 4) is 11.3 Å². The number of hydrogen-bond donors (Lipinski definition) is 2. The topological polar surface area (TPSA) is 79.5 Å². The van der Waals surface area contributed by atoms with E-state index >= 15 is 0 Å². The van der Waals surface area contributed by atoms with Crippen molar-refractivity contribution >= 4 is 16.9 Å². The van der Waals surface area contributed by atoms with Crippen LogP contribution in [-0.2, 0) is 4.79 Å². The second kappa shape index (κ2) is 11.5. The molecule has 0 radical (unpaired) electrons. The fourth-order valence-corrected chi connectivity index (χ4v) is 4.02. The molecule has 0 spiro atoms. The van der Waals surface area contributed by atoms with Crippen molar-refractivity contribution in [2.45, 2.75) is 53.3 Å². The van der Waals surface area contributed by atoms with Crippen LogP contribution in [0.15, 0.2) is 92.3 Å². The van der Waals surface area contributed by atoms with Crippen LogP contribution in [0.4, 0.5) is 13.2 Å². The van der Waals surface area contributed by atoms with Gasteiger partial charge in [-0.15, -0.1) is 0 Å². The summed E-state index contributed by atoms with van der Waals surface area (Å²) in [6, 6.07) is 13.4. The molecule has 5 nitrogen and oxygen atoms in total. The Bertz CT molecular complexity index is 1500. The second-order valence-corrected chi connectivity index (χ2v) is 9.18. The third kappa shape index (κ3) is 6.43.